The average Bonchev–Trinajstić information content (AvgIpc) is 3.04. The van der Waals surface area contributed by atoms with Gasteiger partial charge in [0, 0.05) is 16.8 Å². The molecule has 0 radical (unpaired) electrons. The van der Waals surface area contributed by atoms with Crippen LogP contribution in [0, 0.1) is 6.92 Å². The number of rotatable bonds is 5. The Morgan fingerprint density at radius 3 is 2.70 bits per heavy atom. The van der Waals surface area contributed by atoms with Crippen molar-refractivity contribution in [3.8, 4) is 0 Å². The molecule has 3 rings (SSSR count). The molecule has 23 heavy (non-hydrogen) atoms. The van der Waals surface area contributed by atoms with Crippen molar-refractivity contribution in [2.24, 2.45) is 0 Å². The monoisotopic (exact) mass is 389 g/mol. The molecule has 1 aliphatic rings. The van der Waals surface area contributed by atoms with Crippen LogP contribution >= 0.6 is 27.7 Å². The Hall–Kier alpha value is -1.23. The van der Waals surface area contributed by atoms with E-state index in [2.05, 4.69) is 75.6 Å². The topological polar surface area (TPSA) is 12.5 Å². The van der Waals surface area contributed by atoms with E-state index in [0.29, 0.717) is 6.61 Å². The number of halogens is 1. The van der Waals surface area contributed by atoms with Gasteiger partial charge in [0.1, 0.15) is 0 Å². The zero-order valence-corrected chi connectivity index (χ0v) is 15.8. The third kappa shape index (κ3) is 3.82. The number of thioether (sulfide) groups is 1. The molecule has 0 spiro atoms. The Morgan fingerprint density at radius 2 is 1.96 bits per heavy atom. The molecule has 0 saturated carbocycles. The largest absolute Gasteiger partial charge is 0.377 e. The van der Waals surface area contributed by atoms with Crippen LogP contribution in [0.2, 0.25) is 0 Å². The first-order chi connectivity index (χ1) is 11.2. The summed E-state index contributed by atoms with van der Waals surface area (Å²) < 4.78 is 6.66. The summed E-state index contributed by atoms with van der Waals surface area (Å²) >= 11 is 5.34. The Kier molecular flexibility index (Phi) is 5.46. The predicted octanol–water partition coefficient (Wildman–Crippen LogP) is 5.80. The van der Waals surface area contributed by atoms with E-state index < -0.39 is 0 Å². The van der Waals surface area contributed by atoms with E-state index in [1.807, 2.05) is 18.7 Å². The van der Waals surface area contributed by atoms with Crippen LogP contribution in [0.25, 0.3) is 5.70 Å². The van der Waals surface area contributed by atoms with Crippen LogP contribution in [-0.2, 0) is 11.3 Å². The van der Waals surface area contributed by atoms with E-state index >= 15 is 0 Å². The second kappa shape index (κ2) is 7.56. The third-order valence-corrected chi connectivity index (χ3v) is 5.19. The summed E-state index contributed by atoms with van der Waals surface area (Å²) in [7, 11) is 0. The minimum Gasteiger partial charge on any atom is -0.377 e. The van der Waals surface area contributed by atoms with Gasteiger partial charge in [-0.1, -0.05) is 40.2 Å². The molecule has 2 aromatic carbocycles. The quantitative estimate of drug-likeness (QED) is 0.640. The summed E-state index contributed by atoms with van der Waals surface area (Å²) in [5, 5.41) is 2.25. The molecule has 0 N–H and O–H groups in total. The summed E-state index contributed by atoms with van der Waals surface area (Å²) in [5.74, 6) is 0.949. The van der Waals surface area contributed by atoms with E-state index in [9.17, 15) is 0 Å². The molecule has 0 unspecified atom stereocenters. The Labute approximate surface area is 150 Å². The minimum atomic E-state index is 0.669. The van der Waals surface area contributed by atoms with Crippen molar-refractivity contribution >= 4 is 39.1 Å². The van der Waals surface area contributed by atoms with Crippen LogP contribution in [0.3, 0.4) is 0 Å². The van der Waals surface area contributed by atoms with Gasteiger partial charge in [-0.3, -0.25) is 0 Å². The van der Waals surface area contributed by atoms with E-state index in [-0.39, 0.29) is 0 Å². The summed E-state index contributed by atoms with van der Waals surface area (Å²) in [6.45, 7) is 5.61. The second-order valence-electron chi connectivity index (χ2n) is 5.49. The number of hydrogen-bond acceptors (Lipinski definition) is 3. The average molecular weight is 390 g/mol. The number of benzene rings is 2. The summed E-state index contributed by atoms with van der Waals surface area (Å²) in [4.78, 5) is 2.39. The maximum atomic E-state index is 5.56. The molecule has 120 valence electrons. The Balaban J connectivity index is 1.91. The highest BCUT2D eigenvalue weighted by molar-refractivity contribution is 9.10. The fourth-order valence-electron chi connectivity index (χ4n) is 2.62. The maximum absolute atomic E-state index is 5.56. The molecular formula is C19H20BrNOS. The van der Waals surface area contributed by atoms with Gasteiger partial charge in [-0.05, 0) is 54.1 Å². The molecule has 0 fully saturated rings. The Morgan fingerprint density at radius 1 is 1.17 bits per heavy atom. The van der Waals surface area contributed by atoms with E-state index in [1.54, 1.807) is 0 Å². The molecule has 2 aromatic rings. The van der Waals surface area contributed by atoms with E-state index in [4.69, 9.17) is 4.74 Å². The van der Waals surface area contributed by atoms with Crippen molar-refractivity contribution in [1.82, 2.24) is 0 Å². The standard InChI is InChI=1S/C19H20BrNOS/c1-3-22-11-15-5-4-14(2)18(10-15)21-13-23-12-19(21)16-6-8-17(20)9-7-16/h4-10,12H,3,11,13H2,1-2H3. The molecule has 0 aromatic heterocycles. The van der Waals surface area contributed by atoms with Crippen molar-refractivity contribution in [3.05, 3.63) is 69.0 Å². The third-order valence-electron chi connectivity index (χ3n) is 3.87. The number of aryl methyl sites for hydroxylation is 1. The molecule has 2 nitrogen and oxygen atoms in total. The van der Waals surface area contributed by atoms with Gasteiger partial charge in [0.15, 0.2) is 0 Å². The van der Waals surface area contributed by atoms with Crippen molar-refractivity contribution in [3.63, 3.8) is 0 Å². The van der Waals surface area contributed by atoms with Gasteiger partial charge < -0.3 is 9.64 Å². The van der Waals surface area contributed by atoms with Gasteiger partial charge in [-0.25, -0.2) is 0 Å². The molecular weight excluding hydrogens is 370 g/mol. The van der Waals surface area contributed by atoms with Crippen LogP contribution in [0.1, 0.15) is 23.6 Å². The van der Waals surface area contributed by atoms with Crippen LogP contribution in [0.4, 0.5) is 5.69 Å². The van der Waals surface area contributed by atoms with Crippen molar-refractivity contribution in [2.45, 2.75) is 20.5 Å². The molecule has 0 bridgehead atoms. The highest BCUT2D eigenvalue weighted by Gasteiger charge is 2.20. The first-order valence-electron chi connectivity index (χ1n) is 7.71. The maximum Gasteiger partial charge on any atom is 0.0730 e. The fourth-order valence-corrected chi connectivity index (χ4v) is 3.81. The van der Waals surface area contributed by atoms with E-state index in [1.165, 1.54) is 28.1 Å². The normalized spacial score (nSPS) is 14.2. The lowest BCUT2D eigenvalue weighted by molar-refractivity contribution is 0.134. The van der Waals surface area contributed by atoms with Crippen molar-refractivity contribution in [1.29, 1.82) is 0 Å². The van der Waals surface area contributed by atoms with Crippen LogP contribution in [0.5, 0.6) is 0 Å². The zero-order chi connectivity index (χ0) is 16.2. The lowest BCUT2D eigenvalue weighted by Crippen LogP contribution is -2.18. The molecule has 0 atom stereocenters. The lowest BCUT2D eigenvalue weighted by Gasteiger charge is -2.24. The van der Waals surface area contributed by atoms with Crippen LogP contribution in [-0.4, -0.2) is 12.5 Å². The molecule has 0 saturated heterocycles. The minimum absolute atomic E-state index is 0.669. The van der Waals surface area contributed by atoms with E-state index in [0.717, 1.165) is 17.0 Å². The number of ether oxygens (including phenoxy) is 1. The molecule has 1 heterocycles. The molecule has 1 aliphatic heterocycles. The summed E-state index contributed by atoms with van der Waals surface area (Å²) in [6, 6.07) is 15.1. The first kappa shape index (κ1) is 16.6. The van der Waals surface area contributed by atoms with Gasteiger partial charge in [-0.15, -0.1) is 11.8 Å². The fraction of sp³-hybridized carbons (Fsp3) is 0.263. The SMILES string of the molecule is CCOCc1ccc(C)c(N2CSC=C2c2ccc(Br)cc2)c1. The predicted molar refractivity (Wildman–Crippen MR) is 104 cm³/mol. The summed E-state index contributed by atoms with van der Waals surface area (Å²) in [5.41, 5.74) is 6.28. The smallest absolute Gasteiger partial charge is 0.0730 e. The van der Waals surface area contributed by atoms with Crippen molar-refractivity contribution in [2.75, 3.05) is 17.4 Å². The van der Waals surface area contributed by atoms with Gasteiger partial charge in [-0.2, -0.15) is 0 Å². The summed E-state index contributed by atoms with van der Waals surface area (Å²) in [6.07, 6.45) is 0. The van der Waals surface area contributed by atoms with Crippen LogP contribution in [0.15, 0.2) is 52.3 Å². The molecule has 0 aliphatic carbocycles. The van der Waals surface area contributed by atoms with Gasteiger partial charge in [0.2, 0.25) is 0 Å². The van der Waals surface area contributed by atoms with Gasteiger partial charge in [0.25, 0.3) is 0 Å². The van der Waals surface area contributed by atoms with Gasteiger partial charge in [0.05, 0.1) is 18.2 Å². The molecule has 0 amide bonds. The Bertz CT molecular complexity index is 712. The first-order valence-corrected chi connectivity index (χ1v) is 9.55. The molecule has 4 heteroatoms. The number of hydrogen-bond donors (Lipinski definition) is 0. The highest BCUT2D eigenvalue weighted by Crippen LogP contribution is 2.37. The number of anilines is 1. The van der Waals surface area contributed by atoms with Crippen molar-refractivity contribution < 1.29 is 4.74 Å². The highest BCUT2D eigenvalue weighted by atomic mass is 79.9. The zero-order valence-electron chi connectivity index (χ0n) is 13.4. The number of nitrogens with zero attached hydrogens (tertiary/aromatic N) is 1. The second-order valence-corrected chi connectivity index (χ2v) is 7.23. The van der Waals surface area contributed by atoms with Crippen LogP contribution < -0.4 is 4.90 Å². The van der Waals surface area contributed by atoms with Gasteiger partial charge >= 0.3 is 0 Å². The lowest BCUT2D eigenvalue weighted by atomic mass is 10.1.